The molecule has 1 aromatic carbocycles. The molecular formula is C9H12OSi. The molecular weight excluding hydrogens is 152 g/mol. The molecule has 1 rings (SSSR count). The topological polar surface area (TPSA) is 9.23 Å². The van der Waals surface area contributed by atoms with Gasteiger partial charge in [0.1, 0.15) is 10.5 Å². The quantitative estimate of drug-likeness (QED) is 0.608. The molecule has 1 nitrogen and oxygen atoms in total. The van der Waals surface area contributed by atoms with E-state index in [0.29, 0.717) is 0 Å². The summed E-state index contributed by atoms with van der Waals surface area (Å²) in [4.78, 5) is 0. The van der Waals surface area contributed by atoms with Gasteiger partial charge in [0.05, 0.1) is 6.61 Å². The van der Waals surface area contributed by atoms with Gasteiger partial charge in [0, 0.05) is 0 Å². The molecule has 0 heterocycles. The third-order valence-electron chi connectivity index (χ3n) is 1.50. The molecule has 0 aromatic heterocycles. The maximum absolute atomic E-state index is 5.13. The molecule has 0 aliphatic carbocycles. The van der Waals surface area contributed by atoms with Crippen LogP contribution in [0.15, 0.2) is 30.8 Å². The smallest absolute Gasteiger partial charge is 0.146 e. The molecule has 0 amide bonds. The van der Waals surface area contributed by atoms with Gasteiger partial charge in [-0.25, -0.2) is 0 Å². The predicted octanol–water partition coefficient (Wildman–Crippen LogP) is 1.13. The molecule has 0 aliphatic rings. The summed E-state index contributed by atoms with van der Waals surface area (Å²) in [6, 6.07) is 8.20. The highest BCUT2D eigenvalue weighted by Crippen LogP contribution is 2.06. The van der Waals surface area contributed by atoms with Crippen LogP contribution in [-0.4, -0.2) is 10.5 Å². The highest BCUT2D eigenvalue weighted by atomic mass is 28.2. The predicted molar refractivity (Wildman–Crippen MR) is 51.3 cm³/mol. The van der Waals surface area contributed by atoms with Crippen LogP contribution in [0.5, 0.6) is 0 Å². The van der Waals surface area contributed by atoms with E-state index in [-0.39, 0.29) is 0 Å². The second-order valence-corrected chi connectivity index (χ2v) is 2.96. The van der Waals surface area contributed by atoms with E-state index < -0.39 is 0 Å². The van der Waals surface area contributed by atoms with Crippen molar-refractivity contribution < 1.29 is 4.43 Å². The van der Waals surface area contributed by atoms with Crippen molar-refractivity contribution in [3.8, 4) is 0 Å². The van der Waals surface area contributed by atoms with Gasteiger partial charge < -0.3 is 4.43 Å². The Balaban J connectivity index is 2.82. The van der Waals surface area contributed by atoms with Crippen molar-refractivity contribution in [3.05, 3.63) is 42.0 Å². The minimum Gasteiger partial charge on any atom is -0.424 e. The Labute approximate surface area is 70.2 Å². The lowest BCUT2D eigenvalue weighted by Crippen LogP contribution is -1.87. The van der Waals surface area contributed by atoms with Crippen molar-refractivity contribution in [1.29, 1.82) is 0 Å². The average molecular weight is 164 g/mol. The molecule has 0 spiro atoms. The lowest BCUT2D eigenvalue weighted by Gasteiger charge is -2.00. The summed E-state index contributed by atoms with van der Waals surface area (Å²) < 4.78 is 5.13. The second kappa shape index (κ2) is 4.11. The lowest BCUT2D eigenvalue weighted by molar-refractivity contribution is 0.338. The van der Waals surface area contributed by atoms with E-state index in [4.69, 9.17) is 4.43 Å². The first kappa shape index (κ1) is 8.24. The Bertz CT molecular complexity index is 245. The third kappa shape index (κ3) is 2.33. The lowest BCUT2D eigenvalue weighted by atomic mass is 10.1. The summed E-state index contributed by atoms with van der Waals surface area (Å²) in [6.45, 7) is 4.43. The summed E-state index contributed by atoms with van der Waals surface area (Å²) in [7, 11) is 0.797. The van der Waals surface area contributed by atoms with Crippen LogP contribution >= 0.6 is 0 Å². The molecule has 0 aliphatic heterocycles. The monoisotopic (exact) mass is 164 g/mol. The molecule has 58 valence electrons. The molecule has 0 bridgehead atoms. The highest BCUT2D eigenvalue weighted by Gasteiger charge is 1.90. The van der Waals surface area contributed by atoms with Gasteiger partial charge in [0.25, 0.3) is 0 Å². The summed E-state index contributed by atoms with van der Waals surface area (Å²) in [5.74, 6) is 0. The van der Waals surface area contributed by atoms with E-state index in [1.54, 1.807) is 0 Å². The van der Waals surface area contributed by atoms with E-state index in [1.165, 1.54) is 5.56 Å². The summed E-state index contributed by atoms with van der Waals surface area (Å²) in [6.07, 6.45) is 1.84. The molecule has 0 saturated heterocycles. The standard InChI is InChI=1S/C9H12OSi/c1-2-8-4-3-5-9(6-8)7-10-11/h2-6H,1,7H2,11H3. The van der Waals surface area contributed by atoms with Gasteiger partial charge in [0.2, 0.25) is 0 Å². The Hall–Kier alpha value is -0.863. The van der Waals surface area contributed by atoms with Crippen LogP contribution in [0.1, 0.15) is 11.1 Å². The van der Waals surface area contributed by atoms with E-state index in [2.05, 4.69) is 18.7 Å². The molecule has 1 aromatic rings. The first-order valence-electron chi connectivity index (χ1n) is 3.57. The van der Waals surface area contributed by atoms with Gasteiger partial charge in [-0.3, -0.25) is 0 Å². The Morgan fingerprint density at radius 1 is 1.55 bits per heavy atom. The van der Waals surface area contributed by atoms with E-state index in [9.17, 15) is 0 Å². The van der Waals surface area contributed by atoms with Crippen molar-refractivity contribution in [3.63, 3.8) is 0 Å². The largest absolute Gasteiger partial charge is 0.424 e. The zero-order chi connectivity index (χ0) is 8.10. The molecule has 11 heavy (non-hydrogen) atoms. The molecule has 0 fully saturated rings. The van der Waals surface area contributed by atoms with E-state index >= 15 is 0 Å². The van der Waals surface area contributed by atoms with Crippen LogP contribution in [0.4, 0.5) is 0 Å². The van der Waals surface area contributed by atoms with Crippen LogP contribution in [0.2, 0.25) is 0 Å². The van der Waals surface area contributed by atoms with Gasteiger partial charge >= 0.3 is 0 Å². The van der Waals surface area contributed by atoms with E-state index in [0.717, 1.165) is 22.7 Å². The van der Waals surface area contributed by atoms with Gasteiger partial charge in [-0.1, -0.05) is 30.9 Å². The zero-order valence-electron chi connectivity index (χ0n) is 6.71. The zero-order valence-corrected chi connectivity index (χ0v) is 8.71. The van der Waals surface area contributed by atoms with Crippen molar-refractivity contribution in [1.82, 2.24) is 0 Å². The van der Waals surface area contributed by atoms with Crippen LogP contribution < -0.4 is 0 Å². The Kier molecular flexibility index (Phi) is 3.07. The normalized spacial score (nSPS) is 9.82. The minimum atomic E-state index is 0.730. The van der Waals surface area contributed by atoms with Crippen LogP contribution in [0.25, 0.3) is 6.08 Å². The molecule has 0 saturated carbocycles. The maximum atomic E-state index is 5.13. The van der Waals surface area contributed by atoms with Gasteiger partial charge in [-0.05, 0) is 17.2 Å². The van der Waals surface area contributed by atoms with Crippen LogP contribution in [0.3, 0.4) is 0 Å². The third-order valence-corrected chi connectivity index (χ3v) is 1.79. The van der Waals surface area contributed by atoms with Crippen molar-refractivity contribution in [2.45, 2.75) is 6.61 Å². The minimum absolute atomic E-state index is 0.730. The fourth-order valence-electron chi connectivity index (χ4n) is 0.977. The number of benzene rings is 1. The van der Waals surface area contributed by atoms with Crippen molar-refractivity contribution in [2.75, 3.05) is 0 Å². The fourth-order valence-corrected chi connectivity index (χ4v) is 1.31. The summed E-state index contributed by atoms with van der Waals surface area (Å²) >= 11 is 0. The SMILES string of the molecule is C=Cc1cccc(CO[SiH3])c1. The second-order valence-electron chi connectivity index (χ2n) is 2.38. The summed E-state index contributed by atoms with van der Waals surface area (Å²) in [5, 5.41) is 0. The van der Waals surface area contributed by atoms with Crippen LogP contribution in [-0.2, 0) is 11.0 Å². The maximum Gasteiger partial charge on any atom is 0.146 e. The Morgan fingerprint density at radius 2 is 2.36 bits per heavy atom. The van der Waals surface area contributed by atoms with Crippen molar-refractivity contribution in [2.24, 2.45) is 0 Å². The number of hydrogen-bond donors (Lipinski definition) is 0. The summed E-state index contributed by atoms with van der Waals surface area (Å²) in [5.41, 5.74) is 2.37. The first-order valence-corrected chi connectivity index (χ1v) is 4.39. The number of rotatable bonds is 3. The van der Waals surface area contributed by atoms with Crippen molar-refractivity contribution >= 4 is 16.6 Å². The van der Waals surface area contributed by atoms with Gasteiger partial charge in [0.15, 0.2) is 0 Å². The fraction of sp³-hybridized carbons (Fsp3) is 0.111. The van der Waals surface area contributed by atoms with Crippen LogP contribution in [0, 0.1) is 0 Å². The Morgan fingerprint density at radius 3 is 3.00 bits per heavy atom. The van der Waals surface area contributed by atoms with Gasteiger partial charge in [-0.15, -0.1) is 0 Å². The number of hydrogen-bond acceptors (Lipinski definition) is 1. The van der Waals surface area contributed by atoms with E-state index in [1.807, 2.05) is 18.2 Å². The average Bonchev–Trinajstić information content (AvgIpc) is 2.06. The first-order chi connectivity index (χ1) is 5.36. The highest BCUT2D eigenvalue weighted by molar-refractivity contribution is 5.97. The molecule has 0 radical (unpaired) electrons. The van der Waals surface area contributed by atoms with Gasteiger partial charge in [-0.2, -0.15) is 0 Å². The molecule has 2 heteroatoms. The molecule has 0 N–H and O–H groups in total. The molecule has 0 unspecified atom stereocenters. The molecule has 0 atom stereocenters.